The number of methoxy groups -OCH3 is 2. The van der Waals surface area contributed by atoms with Gasteiger partial charge in [0.15, 0.2) is 23.0 Å². The summed E-state index contributed by atoms with van der Waals surface area (Å²) in [5.41, 5.74) is 2.56. The summed E-state index contributed by atoms with van der Waals surface area (Å²) in [5.74, 6) is 2.34. The van der Waals surface area contributed by atoms with Crippen molar-refractivity contribution in [2.75, 3.05) is 39.9 Å². The molecule has 1 heterocycles. The van der Waals surface area contributed by atoms with Gasteiger partial charge < -0.3 is 54.9 Å². The average molecular weight is 850 g/mol. The Morgan fingerprint density at radius 2 is 1.55 bits per heavy atom. The van der Waals surface area contributed by atoms with Gasteiger partial charge in [0.25, 0.3) is 0 Å². The molecule has 5 rings (SSSR count). The second kappa shape index (κ2) is 23.8. The Balaban J connectivity index is 1.35. The van der Waals surface area contributed by atoms with Crippen molar-refractivity contribution in [2.45, 2.75) is 146 Å². The molecular weight excluding hydrogens is 779 g/mol. The van der Waals surface area contributed by atoms with Gasteiger partial charge in [0.05, 0.1) is 38.6 Å². The molecule has 2 aromatic carbocycles. The number of aromatic hydroxyl groups is 2. The molecule has 2 aromatic rings. The second-order valence-electron chi connectivity index (χ2n) is 17.2. The van der Waals surface area contributed by atoms with E-state index in [1.807, 2.05) is 6.07 Å². The number of hydrogen-bond donors (Lipinski definition) is 7. The molecule has 0 spiro atoms. The summed E-state index contributed by atoms with van der Waals surface area (Å²) >= 11 is 0. The highest BCUT2D eigenvalue weighted by molar-refractivity contribution is 8.76. The maximum atomic E-state index is 11.7. The molecule has 58 heavy (non-hydrogen) atoms. The fourth-order valence-corrected chi connectivity index (χ4v) is 12.2. The molecule has 2 fully saturated rings. The number of phenols is 2. The fraction of sp³-hybridized carbons (Fsp3) is 0.733. The van der Waals surface area contributed by atoms with Gasteiger partial charge in [-0.05, 0) is 136 Å². The largest absolute Gasteiger partial charge is 0.504 e. The number of aliphatic hydroxyl groups excluding tert-OH is 4. The van der Waals surface area contributed by atoms with E-state index in [9.17, 15) is 30.6 Å². The quantitative estimate of drug-likeness (QED) is 0.0649. The van der Waals surface area contributed by atoms with Crippen molar-refractivity contribution in [1.29, 1.82) is 0 Å². The highest BCUT2D eigenvalue weighted by atomic mass is 33.1. The van der Waals surface area contributed by atoms with Crippen LogP contribution >= 0.6 is 21.6 Å². The first-order valence-corrected chi connectivity index (χ1v) is 24.1. The first kappa shape index (κ1) is 47.0. The van der Waals surface area contributed by atoms with Gasteiger partial charge in [-0.2, -0.15) is 0 Å². The molecule has 328 valence electrons. The van der Waals surface area contributed by atoms with E-state index in [1.54, 1.807) is 18.2 Å². The summed E-state index contributed by atoms with van der Waals surface area (Å²) in [6.45, 7) is 5.07. The van der Waals surface area contributed by atoms with E-state index in [0.717, 1.165) is 36.9 Å². The van der Waals surface area contributed by atoms with E-state index in [2.05, 4.69) is 19.2 Å². The molecule has 0 amide bonds. The maximum Gasteiger partial charge on any atom is 0.200 e. The molecule has 0 bridgehead atoms. The minimum Gasteiger partial charge on any atom is -0.504 e. The number of benzene rings is 2. The van der Waals surface area contributed by atoms with Crippen LogP contribution in [0.1, 0.15) is 119 Å². The van der Waals surface area contributed by atoms with Crippen molar-refractivity contribution in [3.63, 3.8) is 0 Å². The van der Waals surface area contributed by atoms with Crippen LogP contribution in [0.5, 0.6) is 28.7 Å². The first-order valence-electron chi connectivity index (χ1n) is 21.7. The van der Waals surface area contributed by atoms with Crippen LogP contribution in [0.4, 0.5) is 0 Å². The van der Waals surface area contributed by atoms with Crippen molar-refractivity contribution >= 4 is 21.6 Å². The van der Waals surface area contributed by atoms with Crippen LogP contribution in [0.15, 0.2) is 24.3 Å². The van der Waals surface area contributed by atoms with E-state index in [1.165, 1.54) is 80.8 Å². The highest BCUT2D eigenvalue weighted by Crippen LogP contribution is 2.47. The third kappa shape index (κ3) is 13.4. The van der Waals surface area contributed by atoms with Crippen molar-refractivity contribution < 1.29 is 49.6 Å². The number of phenolic OH excluding ortho intramolecular Hbond substituents is 2. The number of hydrogen-bond acceptors (Lipinski definition) is 13. The molecule has 2 saturated carbocycles. The number of fused-ring (bicyclic) bond motifs is 1. The van der Waals surface area contributed by atoms with Gasteiger partial charge in [-0.25, -0.2) is 0 Å². The number of ether oxygens (including phenoxy) is 4. The zero-order valence-electron chi connectivity index (χ0n) is 35.2. The van der Waals surface area contributed by atoms with Gasteiger partial charge in [-0.1, -0.05) is 61.1 Å². The molecule has 8 atom stereocenters. The van der Waals surface area contributed by atoms with Crippen LogP contribution in [-0.2, 0) is 17.6 Å². The second-order valence-corrected chi connectivity index (χ2v) is 19.8. The predicted molar refractivity (Wildman–Crippen MR) is 232 cm³/mol. The van der Waals surface area contributed by atoms with Crippen LogP contribution in [0.3, 0.4) is 0 Å². The van der Waals surface area contributed by atoms with Gasteiger partial charge in [0.1, 0.15) is 6.79 Å². The Labute approximate surface area is 354 Å². The topological polar surface area (TPSA) is 170 Å². The normalized spacial score (nSPS) is 27.9. The Kier molecular flexibility index (Phi) is 19.3. The predicted octanol–water partition coefficient (Wildman–Crippen LogP) is 7.69. The SMILES string of the molecule is COc1cc(CC2C(O)CSSC(CCO)c3cc(O)c(OC4CCC(CNC5CCCCC5)C(CCC(C)C)C4)cc3CCC(OCO)CC2O)cc(OC)c1O. The van der Waals surface area contributed by atoms with E-state index in [4.69, 9.17) is 18.9 Å². The highest BCUT2D eigenvalue weighted by Gasteiger charge is 2.34. The summed E-state index contributed by atoms with van der Waals surface area (Å²) in [4.78, 5) is 0. The van der Waals surface area contributed by atoms with E-state index in [-0.39, 0.29) is 59.6 Å². The van der Waals surface area contributed by atoms with E-state index in [0.29, 0.717) is 54.4 Å². The van der Waals surface area contributed by atoms with E-state index >= 15 is 0 Å². The van der Waals surface area contributed by atoms with Crippen LogP contribution in [0.2, 0.25) is 0 Å². The summed E-state index contributed by atoms with van der Waals surface area (Å²) in [7, 11) is 5.90. The molecule has 7 N–H and O–H groups in total. The lowest BCUT2D eigenvalue weighted by atomic mass is 9.74. The van der Waals surface area contributed by atoms with Crippen molar-refractivity contribution in [1.82, 2.24) is 5.32 Å². The zero-order chi connectivity index (χ0) is 41.6. The summed E-state index contributed by atoms with van der Waals surface area (Å²) in [6, 6.07) is 7.73. The molecule has 13 heteroatoms. The Bertz CT molecular complexity index is 1500. The van der Waals surface area contributed by atoms with Crippen LogP contribution in [0.25, 0.3) is 0 Å². The van der Waals surface area contributed by atoms with Gasteiger partial charge in [-0.3, -0.25) is 0 Å². The summed E-state index contributed by atoms with van der Waals surface area (Å²) < 4.78 is 23.3. The lowest BCUT2D eigenvalue weighted by molar-refractivity contribution is -0.0808. The minimum absolute atomic E-state index is 0.00692. The molecule has 3 aliphatic rings. The van der Waals surface area contributed by atoms with Crippen LogP contribution in [-0.4, -0.2) is 101 Å². The van der Waals surface area contributed by atoms with Gasteiger partial charge >= 0.3 is 0 Å². The lowest BCUT2D eigenvalue weighted by Crippen LogP contribution is -2.40. The molecular formula is C45H71NO10S2. The smallest absolute Gasteiger partial charge is 0.200 e. The Morgan fingerprint density at radius 3 is 2.22 bits per heavy atom. The van der Waals surface area contributed by atoms with Gasteiger partial charge in [-0.15, -0.1) is 0 Å². The monoisotopic (exact) mass is 849 g/mol. The first-order chi connectivity index (χ1) is 28.0. The molecule has 0 radical (unpaired) electrons. The molecule has 2 aliphatic carbocycles. The maximum absolute atomic E-state index is 11.7. The standard InChI is InChI=1S/C45H71NO10S2/c1-28(2)10-11-30-21-35(15-13-32(30)25-46-33-8-6-5-7-9-33)56-41-22-31-12-14-34(55-27-48)23-38(49)37(18-29-19-42(53-3)45(52)43(20-29)54-4)40(51)26-57-58-44(16-17-47)36(31)24-39(41)50/h19-20,22,24,28,30,32-35,37-38,40,44,46-52H,5-18,21,23,25-27H2,1-4H3. The lowest BCUT2D eigenvalue weighted by Gasteiger charge is -2.38. The number of nitrogens with one attached hydrogen (secondary N) is 1. The molecule has 8 unspecified atom stereocenters. The average Bonchev–Trinajstić information content (AvgIpc) is 3.22. The van der Waals surface area contributed by atoms with Crippen LogP contribution < -0.4 is 19.5 Å². The molecule has 11 nitrogen and oxygen atoms in total. The number of aryl methyl sites for hydroxylation is 1. The van der Waals surface area contributed by atoms with Crippen molar-refractivity contribution in [3.8, 4) is 28.7 Å². The minimum atomic E-state index is -0.994. The summed E-state index contributed by atoms with van der Waals surface area (Å²) in [6.07, 6.45) is 11.3. The third-order valence-electron chi connectivity index (χ3n) is 12.7. The van der Waals surface area contributed by atoms with Gasteiger partial charge in [0.2, 0.25) is 5.75 Å². The Morgan fingerprint density at radius 1 is 0.810 bits per heavy atom. The van der Waals surface area contributed by atoms with Crippen molar-refractivity contribution in [3.05, 3.63) is 41.0 Å². The van der Waals surface area contributed by atoms with Crippen LogP contribution in [0, 0.1) is 23.7 Å². The van der Waals surface area contributed by atoms with E-state index < -0.39 is 31.0 Å². The number of aliphatic hydroxyl groups is 4. The third-order valence-corrected chi connectivity index (χ3v) is 15.6. The number of rotatable bonds is 16. The molecule has 1 aliphatic heterocycles. The fourth-order valence-electron chi connectivity index (χ4n) is 9.29. The van der Waals surface area contributed by atoms with Crippen molar-refractivity contribution in [2.24, 2.45) is 23.7 Å². The molecule has 0 saturated heterocycles. The molecule has 0 aromatic heterocycles. The van der Waals surface area contributed by atoms with Gasteiger partial charge in [0, 0.05) is 29.6 Å². The zero-order valence-corrected chi connectivity index (χ0v) is 36.8. The summed E-state index contributed by atoms with van der Waals surface area (Å²) in [5, 5.41) is 69.2. The Hall–Kier alpha value is -2.10.